The minimum absolute atomic E-state index is 0.776. The smallest absolute Gasteiger partial charge is 0.0469 e. The zero-order valence-corrected chi connectivity index (χ0v) is 8.59. The molecule has 2 heteroatoms. The molecule has 76 valence electrons. The van der Waals surface area contributed by atoms with Crippen LogP contribution in [0.4, 0.5) is 0 Å². The zero-order valence-electron chi connectivity index (χ0n) is 8.59. The molecule has 0 aromatic rings. The molecule has 2 nitrogen and oxygen atoms in total. The van der Waals surface area contributed by atoms with Crippen LogP contribution in [0.2, 0.25) is 0 Å². The highest BCUT2D eigenvalue weighted by molar-refractivity contribution is 4.87. The summed E-state index contributed by atoms with van der Waals surface area (Å²) in [6.45, 7) is 1.96. The van der Waals surface area contributed by atoms with Gasteiger partial charge in [-0.2, -0.15) is 0 Å². The summed E-state index contributed by atoms with van der Waals surface area (Å²) in [7, 11) is 2.12. The van der Waals surface area contributed by atoms with Crippen molar-refractivity contribution < 1.29 is 4.74 Å². The van der Waals surface area contributed by atoms with Crippen molar-refractivity contribution in [2.45, 2.75) is 38.1 Å². The second-order valence-corrected chi connectivity index (χ2v) is 4.46. The van der Waals surface area contributed by atoms with Crippen LogP contribution in [0.5, 0.6) is 0 Å². The van der Waals surface area contributed by atoms with Crippen LogP contribution in [0.3, 0.4) is 0 Å². The third-order valence-corrected chi connectivity index (χ3v) is 3.76. The van der Waals surface area contributed by atoms with E-state index in [4.69, 9.17) is 4.74 Å². The van der Waals surface area contributed by atoms with Crippen molar-refractivity contribution >= 4 is 0 Å². The maximum Gasteiger partial charge on any atom is 0.0469 e. The third kappa shape index (κ3) is 2.05. The first-order valence-corrected chi connectivity index (χ1v) is 5.67. The molecule has 0 bridgehead atoms. The molecule has 0 spiro atoms. The van der Waals surface area contributed by atoms with Crippen molar-refractivity contribution in [2.75, 3.05) is 20.3 Å². The van der Waals surface area contributed by atoms with Gasteiger partial charge in [0, 0.05) is 19.3 Å². The Morgan fingerprint density at radius 1 is 1.08 bits per heavy atom. The molecule has 0 aromatic carbocycles. The Morgan fingerprint density at radius 2 is 1.69 bits per heavy atom. The summed E-state index contributed by atoms with van der Waals surface area (Å²) >= 11 is 0. The highest BCUT2D eigenvalue weighted by Gasteiger charge is 2.32. The molecule has 2 fully saturated rings. The summed E-state index contributed by atoms with van der Waals surface area (Å²) in [4.78, 5) is 0. The van der Waals surface area contributed by atoms with Gasteiger partial charge in [0.1, 0.15) is 0 Å². The molecule has 2 aliphatic rings. The second kappa shape index (κ2) is 4.43. The lowest BCUT2D eigenvalue weighted by molar-refractivity contribution is 0.0370. The maximum absolute atomic E-state index is 5.40. The molecule has 1 unspecified atom stereocenters. The van der Waals surface area contributed by atoms with Gasteiger partial charge in [0.2, 0.25) is 0 Å². The van der Waals surface area contributed by atoms with E-state index in [1.54, 1.807) is 0 Å². The molecule has 1 aliphatic heterocycles. The summed E-state index contributed by atoms with van der Waals surface area (Å²) in [5, 5.41) is 3.52. The SMILES string of the molecule is CNC(C1CCC1)C1CCOCC1. The molecule has 1 atom stereocenters. The van der Waals surface area contributed by atoms with Crippen LogP contribution in [-0.2, 0) is 4.74 Å². The lowest BCUT2D eigenvalue weighted by Crippen LogP contribution is -2.45. The second-order valence-electron chi connectivity index (χ2n) is 4.46. The Kier molecular flexibility index (Phi) is 3.23. The molecule has 1 aliphatic carbocycles. The Balaban J connectivity index is 1.86. The highest BCUT2D eigenvalue weighted by Crippen LogP contribution is 2.35. The van der Waals surface area contributed by atoms with Crippen molar-refractivity contribution in [3.8, 4) is 0 Å². The first-order valence-electron chi connectivity index (χ1n) is 5.67. The van der Waals surface area contributed by atoms with Crippen molar-refractivity contribution in [1.29, 1.82) is 0 Å². The quantitative estimate of drug-likeness (QED) is 0.720. The summed E-state index contributed by atoms with van der Waals surface area (Å²) in [6, 6.07) is 0.776. The van der Waals surface area contributed by atoms with Gasteiger partial charge in [0.15, 0.2) is 0 Å². The lowest BCUT2D eigenvalue weighted by atomic mass is 9.73. The van der Waals surface area contributed by atoms with Gasteiger partial charge in [-0.15, -0.1) is 0 Å². The Bertz CT molecular complexity index is 150. The van der Waals surface area contributed by atoms with E-state index in [0.29, 0.717) is 0 Å². The minimum atomic E-state index is 0.776. The fourth-order valence-corrected chi connectivity index (χ4v) is 2.73. The molecule has 2 rings (SSSR count). The summed E-state index contributed by atoms with van der Waals surface area (Å²) in [5.74, 6) is 1.84. The van der Waals surface area contributed by atoms with E-state index >= 15 is 0 Å². The van der Waals surface area contributed by atoms with Gasteiger partial charge in [-0.1, -0.05) is 6.42 Å². The predicted molar refractivity (Wildman–Crippen MR) is 53.7 cm³/mol. The van der Waals surface area contributed by atoms with E-state index in [1.807, 2.05) is 0 Å². The molecule has 0 radical (unpaired) electrons. The summed E-state index contributed by atoms with van der Waals surface area (Å²) < 4.78 is 5.40. The molecule has 1 saturated heterocycles. The zero-order chi connectivity index (χ0) is 9.10. The number of rotatable bonds is 3. The first-order chi connectivity index (χ1) is 6.42. The molecular weight excluding hydrogens is 162 g/mol. The van der Waals surface area contributed by atoms with Crippen LogP contribution >= 0.6 is 0 Å². The normalized spacial score (nSPS) is 28.4. The van der Waals surface area contributed by atoms with Gasteiger partial charge < -0.3 is 10.1 Å². The van der Waals surface area contributed by atoms with Crippen LogP contribution in [0.25, 0.3) is 0 Å². The largest absolute Gasteiger partial charge is 0.381 e. The van der Waals surface area contributed by atoms with Crippen LogP contribution in [0.15, 0.2) is 0 Å². The number of hydrogen-bond donors (Lipinski definition) is 1. The average Bonchev–Trinajstić information content (AvgIpc) is 2.12. The van der Waals surface area contributed by atoms with Crippen LogP contribution in [0.1, 0.15) is 32.1 Å². The van der Waals surface area contributed by atoms with Crippen molar-refractivity contribution in [2.24, 2.45) is 11.8 Å². The number of hydrogen-bond acceptors (Lipinski definition) is 2. The molecule has 1 N–H and O–H groups in total. The topological polar surface area (TPSA) is 21.3 Å². The average molecular weight is 183 g/mol. The lowest BCUT2D eigenvalue weighted by Gasteiger charge is -2.40. The van der Waals surface area contributed by atoms with Gasteiger partial charge in [-0.3, -0.25) is 0 Å². The number of nitrogens with one attached hydrogen (secondary N) is 1. The molecule has 0 amide bonds. The van der Waals surface area contributed by atoms with E-state index in [1.165, 1.54) is 32.1 Å². The van der Waals surface area contributed by atoms with Crippen LogP contribution < -0.4 is 5.32 Å². The van der Waals surface area contributed by atoms with Crippen LogP contribution in [0, 0.1) is 11.8 Å². The monoisotopic (exact) mass is 183 g/mol. The third-order valence-electron chi connectivity index (χ3n) is 3.76. The molecule has 1 heterocycles. The van der Waals surface area contributed by atoms with E-state index in [0.717, 1.165) is 31.1 Å². The van der Waals surface area contributed by atoms with Gasteiger partial charge in [0.25, 0.3) is 0 Å². The Labute approximate surface area is 81.0 Å². The fourth-order valence-electron chi connectivity index (χ4n) is 2.73. The molecular formula is C11H21NO. The van der Waals surface area contributed by atoms with Gasteiger partial charge in [-0.05, 0) is 44.6 Å². The van der Waals surface area contributed by atoms with E-state index in [-0.39, 0.29) is 0 Å². The minimum Gasteiger partial charge on any atom is -0.381 e. The molecule has 1 saturated carbocycles. The summed E-state index contributed by atoms with van der Waals surface area (Å²) in [6.07, 6.45) is 6.88. The van der Waals surface area contributed by atoms with Crippen molar-refractivity contribution in [1.82, 2.24) is 5.32 Å². The van der Waals surface area contributed by atoms with Gasteiger partial charge in [-0.25, -0.2) is 0 Å². The predicted octanol–water partition coefficient (Wildman–Crippen LogP) is 1.80. The van der Waals surface area contributed by atoms with E-state index in [9.17, 15) is 0 Å². The van der Waals surface area contributed by atoms with Gasteiger partial charge >= 0.3 is 0 Å². The van der Waals surface area contributed by atoms with Crippen molar-refractivity contribution in [3.05, 3.63) is 0 Å². The highest BCUT2D eigenvalue weighted by atomic mass is 16.5. The Morgan fingerprint density at radius 3 is 2.15 bits per heavy atom. The molecule has 0 aromatic heterocycles. The van der Waals surface area contributed by atoms with E-state index in [2.05, 4.69) is 12.4 Å². The summed E-state index contributed by atoms with van der Waals surface area (Å²) in [5.41, 5.74) is 0. The van der Waals surface area contributed by atoms with Crippen molar-refractivity contribution in [3.63, 3.8) is 0 Å². The number of ether oxygens (including phenoxy) is 1. The fraction of sp³-hybridized carbons (Fsp3) is 1.00. The maximum atomic E-state index is 5.40. The standard InChI is InChI=1S/C11H21NO/c1-12-11(9-3-2-4-9)10-5-7-13-8-6-10/h9-12H,2-8H2,1H3. The first kappa shape index (κ1) is 9.47. The van der Waals surface area contributed by atoms with E-state index < -0.39 is 0 Å². The Hall–Kier alpha value is -0.0800. The van der Waals surface area contributed by atoms with Crippen LogP contribution in [-0.4, -0.2) is 26.3 Å². The van der Waals surface area contributed by atoms with Gasteiger partial charge in [0.05, 0.1) is 0 Å². The molecule has 13 heavy (non-hydrogen) atoms.